The minimum Gasteiger partial charge on any atom is -0.303 e. The fourth-order valence-electron chi connectivity index (χ4n) is 1.77. The van der Waals surface area contributed by atoms with E-state index >= 15 is 0 Å². The molecule has 0 spiro atoms. The number of rotatable bonds is 3. The molecule has 0 bridgehead atoms. The van der Waals surface area contributed by atoms with Gasteiger partial charge in [0.2, 0.25) is 0 Å². The van der Waals surface area contributed by atoms with Gasteiger partial charge in [-0.15, -0.1) is 11.6 Å². The zero-order chi connectivity index (χ0) is 10.6. The van der Waals surface area contributed by atoms with Gasteiger partial charge in [-0.1, -0.05) is 0 Å². The van der Waals surface area contributed by atoms with Crippen molar-refractivity contribution in [1.82, 2.24) is 4.90 Å². The standard InChI is InChI=1S/C9H15ClF3N/c10-4-1-5-14-6-2-8(3-7-14)9(11,12)13/h8H,1-7H2. The molecule has 1 saturated heterocycles. The molecule has 0 aromatic carbocycles. The van der Waals surface area contributed by atoms with Crippen LogP contribution < -0.4 is 0 Å². The summed E-state index contributed by atoms with van der Waals surface area (Å²) < 4.78 is 36.8. The minimum absolute atomic E-state index is 0.242. The maximum Gasteiger partial charge on any atom is 0.391 e. The lowest BCUT2D eigenvalue weighted by Crippen LogP contribution is -2.39. The third-order valence-electron chi connectivity index (χ3n) is 2.66. The van der Waals surface area contributed by atoms with E-state index in [4.69, 9.17) is 11.6 Å². The average Bonchev–Trinajstić information content (AvgIpc) is 2.14. The van der Waals surface area contributed by atoms with E-state index < -0.39 is 12.1 Å². The Labute approximate surface area is 87.2 Å². The fourth-order valence-corrected chi connectivity index (χ4v) is 1.89. The van der Waals surface area contributed by atoms with Gasteiger partial charge in [-0.3, -0.25) is 0 Å². The van der Waals surface area contributed by atoms with Gasteiger partial charge in [-0.2, -0.15) is 13.2 Å². The SMILES string of the molecule is FC(F)(F)C1CCN(CCCCl)CC1. The van der Waals surface area contributed by atoms with Crippen molar-refractivity contribution >= 4 is 11.6 Å². The summed E-state index contributed by atoms with van der Waals surface area (Å²) in [5.41, 5.74) is 0. The Hall–Kier alpha value is 0.0400. The number of halogens is 4. The summed E-state index contributed by atoms with van der Waals surface area (Å²) in [4.78, 5) is 2.06. The molecular formula is C9H15ClF3N. The van der Waals surface area contributed by atoms with Crippen molar-refractivity contribution in [2.45, 2.75) is 25.4 Å². The Morgan fingerprint density at radius 3 is 2.21 bits per heavy atom. The molecular weight excluding hydrogens is 215 g/mol. The summed E-state index contributed by atoms with van der Waals surface area (Å²) in [6.45, 7) is 1.94. The van der Waals surface area contributed by atoms with E-state index in [-0.39, 0.29) is 12.8 Å². The van der Waals surface area contributed by atoms with Crippen LogP contribution in [0, 0.1) is 5.92 Å². The van der Waals surface area contributed by atoms with Crippen LogP contribution in [0.4, 0.5) is 13.2 Å². The molecule has 1 fully saturated rings. The molecule has 0 aromatic heterocycles. The van der Waals surface area contributed by atoms with Gasteiger partial charge in [0.05, 0.1) is 5.92 Å². The highest BCUT2D eigenvalue weighted by Crippen LogP contribution is 2.33. The highest BCUT2D eigenvalue weighted by molar-refractivity contribution is 6.17. The highest BCUT2D eigenvalue weighted by atomic mass is 35.5. The number of likely N-dealkylation sites (tertiary alicyclic amines) is 1. The predicted molar refractivity (Wildman–Crippen MR) is 50.6 cm³/mol. The summed E-state index contributed by atoms with van der Waals surface area (Å²) in [6, 6.07) is 0. The molecule has 1 rings (SSSR count). The molecule has 1 nitrogen and oxygen atoms in total. The first kappa shape index (κ1) is 12.1. The smallest absolute Gasteiger partial charge is 0.303 e. The van der Waals surface area contributed by atoms with Gasteiger partial charge in [0, 0.05) is 5.88 Å². The Balaban J connectivity index is 2.24. The topological polar surface area (TPSA) is 3.24 Å². The highest BCUT2D eigenvalue weighted by Gasteiger charge is 2.40. The first-order valence-electron chi connectivity index (χ1n) is 4.89. The summed E-state index contributed by atoms with van der Waals surface area (Å²) in [6.07, 6.45) is -2.66. The van der Waals surface area contributed by atoms with Crippen molar-refractivity contribution in [3.8, 4) is 0 Å². The van der Waals surface area contributed by atoms with Crippen molar-refractivity contribution in [2.24, 2.45) is 5.92 Å². The first-order chi connectivity index (χ1) is 6.54. The van der Waals surface area contributed by atoms with Gasteiger partial charge in [0.1, 0.15) is 0 Å². The number of nitrogens with zero attached hydrogens (tertiary/aromatic N) is 1. The van der Waals surface area contributed by atoms with Crippen molar-refractivity contribution < 1.29 is 13.2 Å². The normalized spacial score (nSPS) is 21.4. The molecule has 0 radical (unpaired) electrons. The molecule has 84 valence electrons. The lowest BCUT2D eigenvalue weighted by molar-refractivity contribution is -0.185. The van der Waals surface area contributed by atoms with Crippen molar-refractivity contribution in [2.75, 3.05) is 25.5 Å². The number of hydrogen-bond donors (Lipinski definition) is 0. The Kier molecular flexibility index (Phi) is 4.51. The monoisotopic (exact) mass is 229 g/mol. The molecule has 0 amide bonds. The summed E-state index contributed by atoms with van der Waals surface area (Å²) >= 11 is 5.52. The molecule has 0 saturated carbocycles. The van der Waals surface area contributed by atoms with Crippen LogP contribution in [0.5, 0.6) is 0 Å². The van der Waals surface area contributed by atoms with Crippen molar-refractivity contribution in [3.63, 3.8) is 0 Å². The summed E-state index contributed by atoms with van der Waals surface area (Å²) in [5.74, 6) is -0.506. The minimum atomic E-state index is -4.00. The zero-order valence-electron chi connectivity index (χ0n) is 7.99. The van der Waals surface area contributed by atoms with E-state index in [9.17, 15) is 13.2 Å². The van der Waals surface area contributed by atoms with Crippen LogP contribution in [0.3, 0.4) is 0 Å². The third-order valence-corrected chi connectivity index (χ3v) is 2.93. The predicted octanol–water partition coefficient (Wildman–Crippen LogP) is 2.89. The molecule has 0 aromatic rings. The maximum absolute atomic E-state index is 12.3. The molecule has 5 heteroatoms. The van der Waals surface area contributed by atoms with E-state index in [2.05, 4.69) is 4.90 Å². The maximum atomic E-state index is 12.3. The lowest BCUT2D eigenvalue weighted by Gasteiger charge is -2.32. The third kappa shape index (κ3) is 3.65. The van der Waals surface area contributed by atoms with Gasteiger partial charge in [0.25, 0.3) is 0 Å². The van der Waals surface area contributed by atoms with Crippen molar-refractivity contribution in [3.05, 3.63) is 0 Å². The molecule has 1 heterocycles. The molecule has 1 aliphatic rings. The molecule has 0 atom stereocenters. The second kappa shape index (κ2) is 5.21. The van der Waals surface area contributed by atoms with E-state index in [0.717, 1.165) is 13.0 Å². The van der Waals surface area contributed by atoms with Crippen molar-refractivity contribution in [1.29, 1.82) is 0 Å². The van der Waals surface area contributed by atoms with Gasteiger partial charge in [-0.05, 0) is 38.9 Å². The number of hydrogen-bond acceptors (Lipinski definition) is 1. The largest absolute Gasteiger partial charge is 0.391 e. The second-order valence-electron chi connectivity index (χ2n) is 3.70. The molecule has 0 aliphatic carbocycles. The van der Waals surface area contributed by atoms with Gasteiger partial charge < -0.3 is 4.90 Å². The van der Waals surface area contributed by atoms with E-state index in [0.29, 0.717) is 19.0 Å². The summed E-state index contributed by atoms with van der Waals surface area (Å²) in [7, 11) is 0. The Morgan fingerprint density at radius 2 is 1.79 bits per heavy atom. The first-order valence-corrected chi connectivity index (χ1v) is 5.42. The average molecular weight is 230 g/mol. The molecule has 14 heavy (non-hydrogen) atoms. The van der Waals surface area contributed by atoms with E-state index in [1.165, 1.54) is 0 Å². The van der Waals surface area contributed by atoms with Crippen LogP contribution in [0.1, 0.15) is 19.3 Å². The molecule has 1 aliphatic heterocycles. The summed E-state index contributed by atoms with van der Waals surface area (Å²) in [5, 5.41) is 0. The lowest BCUT2D eigenvalue weighted by atomic mass is 9.96. The molecule has 0 unspecified atom stereocenters. The molecule has 0 N–H and O–H groups in total. The van der Waals surface area contributed by atoms with Crippen LogP contribution in [0.15, 0.2) is 0 Å². The van der Waals surface area contributed by atoms with Crippen LogP contribution in [0.2, 0.25) is 0 Å². The fraction of sp³-hybridized carbons (Fsp3) is 1.00. The zero-order valence-corrected chi connectivity index (χ0v) is 8.74. The van der Waals surface area contributed by atoms with Gasteiger partial charge >= 0.3 is 6.18 Å². The Bertz CT molecular complexity index is 164. The number of piperidine rings is 1. The van der Waals surface area contributed by atoms with E-state index in [1.807, 2.05) is 0 Å². The Morgan fingerprint density at radius 1 is 1.21 bits per heavy atom. The number of alkyl halides is 4. The van der Waals surface area contributed by atoms with Crippen LogP contribution in [-0.4, -0.2) is 36.6 Å². The van der Waals surface area contributed by atoms with E-state index in [1.54, 1.807) is 0 Å². The quantitative estimate of drug-likeness (QED) is 0.673. The van der Waals surface area contributed by atoms with Crippen LogP contribution in [0.25, 0.3) is 0 Å². The second-order valence-corrected chi connectivity index (χ2v) is 4.08. The van der Waals surface area contributed by atoms with Crippen LogP contribution in [-0.2, 0) is 0 Å². The van der Waals surface area contributed by atoms with Crippen LogP contribution >= 0.6 is 11.6 Å². The van der Waals surface area contributed by atoms with Gasteiger partial charge in [0.15, 0.2) is 0 Å². The van der Waals surface area contributed by atoms with Gasteiger partial charge in [-0.25, -0.2) is 0 Å².